The monoisotopic (exact) mass is 369 g/mol. The molecule has 122 valence electrons. The number of sulfonamides is 1. The maximum absolute atomic E-state index is 12.0. The molecule has 1 aromatic heterocycles. The molecule has 0 aliphatic rings. The van der Waals surface area contributed by atoms with Gasteiger partial charge in [-0.3, -0.25) is 0 Å². The average Bonchev–Trinajstić information content (AvgIpc) is 3.02. The van der Waals surface area contributed by atoms with E-state index >= 15 is 0 Å². The molecule has 23 heavy (non-hydrogen) atoms. The van der Waals surface area contributed by atoms with Crippen LogP contribution >= 0.6 is 22.9 Å². The predicted molar refractivity (Wildman–Crippen MR) is 93.6 cm³/mol. The van der Waals surface area contributed by atoms with Crippen molar-refractivity contribution in [1.82, 2.24) is 4.72 Å². The Labute approximate surface area is 145 Å². The van der Waals surface area contributed by atoms with Gasteiger partial charge in [-0.1, -0.05) is 42.5 Å². The maximum Gasteiger partial charge on any atom is 0.250 e. The van der Waals surface area contributed by atoms with E-state index in [0.717, 1.165) is 11.3 Å². The summed E-state index contributed by atoms with van der Waals surface area (Å²) in [6.45, 7) is 2.16. The second kappa shape index (κ2) is 8.37. The van der Waals surface area contributed by atoms with E-state index in [1.165, 1.54) is 11.3 Å². The Kier molecular flexibility index (Phi) is 6.48. The Morgan fingerprint density at radius 1 is 1.22 bits per heavy atom. The van der Waals surface area contributed by atoms with Gasteiger partial charge in [0, 0.05) is 4.88 Å². The smallest absolute Gasteiger partial charge is 0.250 e. The van der Waals surface area contributed by atoms with E-state index in [9.17, 15) is 8.42 Å². The molecule has 0 aliphatic carbocycles. The van der Waals surface area contributed by atoms with Crippen LogP contribution in [0, 0.1) is 11.8 Å². The number of benzene rings is 1. The molecular weight excluding hydrogens is 354 g/mol. The van der Waals surface area contributed by atoms with Gasteiger partial charge in [-0.05, 0) is 30.7 Å². The van der Waals surface area contributed by atoms with Crippen LogP contribution < -0.4 is 9.46 Å². The highest BCUT2D eigenvalue weighted by atomic mass is 35.5. The zero-order valence-electron chi connectivity index (χ0n) is 12.5. The van der Waals surface area contributed by atoms with Crippen molar-refractivity contribution in [2.45, 2.75) is 17.6 Å². The second-order valence-corrected chi connectivity index (χ2v) is 8.04. The molecule has 1 aromatic carbocycles. The summed E-state index contributed by atoms with van der Waals surface area (Å²) in [5.74, 6) is 6.02. The van der Waals surface area contributed by atoms with E-state index in [-0.39, 0.29) is 13.2 Å². The lowest BCUT2D eigenvalue weighted by atomic mass is 10.3. The van der Waals surface area contributed by atoms with Crippen molar-refractivity contribution in [2.24, 2.45) is 0 Å². The summed E-state index contributed by atoms with van der Waals surface area (Å²) in [6.07, 6.45) is 0.819. The fourth-order valence-corrected chi connectivity index (χ4v) is 4.14. The molecule has 7 heteroatoms. The van der Waals surface area contributed by atoms with E-state index in [1.54, 1.807) is 18.2 Å². The fourth-order valence-electron chi connectivity index (χ4n) is 1.68. The highest BCUT2D eigenvalue weighted by Crippen LogP contribution is 2.23. The van der Waals surface area contributed by atoms with Crippen molar-refractivity contribution in [3.05, 3.63) is 46.3 Å². The molecule has 0 aliphatic heterocycles. The van der Waals surface area contributed by atoms with Crippen molar-refractivity contribution in [1.29, 1.82) is 0 Å². The summed E-state index contributed by atoms with van der Waals surface area (Å²) < 4.78 is 32.2. The van der Waals surface area contributed by atoms with Crippen molar-refractivity contribution in [3.8, 4) is 17.6 Å². The van der Waals surface area contributed by atoms with Crippen LogP contribution in [0.15, 0.2) is 40.6 Å². The van der Waals surface area contributed by atoms with Crippen LogP contribution in [0.5, 0.6) is 5.75 Å². The molecule has 4 nitrogen and oxygen atoms in total. The Balaban J connectivity index is 1.82. The minimum atomic E-state index is -3.49. The highest BCUT2D eigenvalue weighted by Gasteiger charge is 2.15. The van der Waals surface area contributed by atoms with Crippen LogP contribution in [0.4, 0.5) is 0 Å². The quantitative estimate of drug-likeness (QED) is 0.794. The molecule has 0 fully saturated rings. The minimum Gasteiger partial charge on any atom is -0.479 e. The summed E-state index contributed by atoms with van der Waals surface area (Å²) in [4.78, 5) is 1.03. The topological polar surface area (TPSA) is 55.4 Å². The molecule has 2 aromatic rings. The Hall–Kier alpha value is -1.52. The van der Waals surface area contributed by atoms with Gasteiger partial charge in [0.05, 0.1) is 11.6 Å². The number of nitrogens with one attached hydrogen (secondary N) is 1. The van der Waals surface area contributed by atoms with E-state index in [1.807, 2.05) is 25.1 Å². The molecule has 1 heterocycles. The normalized spacial score (nSPS) is 10.9. The number of aryl methyl sites for hydroxylation is 1. The number of hydrogen-bond acceptors (Lipinski definition) is 4. The SMILES string of the molecule is CCc1ccc(S(=O)(=O)NCC#CCOc2ccccc2Cl)s1. The summed E-state index contributed by atoms with van der Waals surface area (Å²) in [5, 5.41) is 0.513. The molecule has 0 unspecified atom stereocenters. The molecule has 0 atom stereocenters. The summed E-state index contributed by atoms with van der Waals surface area (Å²) >= 11 is 7.21. The lowest BCUT2D eigenvalue weighted by Gasteiger charge is -2.03. The van der Waals surface area contributed by atoms with Gasteiger partial charge in [0.15, 0.2) is 0 Å². The standard InChI is InChI=1S/C16H16ClNO3S2/c1-2-13-9-10-16(22-13)23(19,20)18-11-5-6-12-21-15-8-4-3-7-14(15)17/h3-4,7-10,18H,2,11-12H2,1H3. The third-order valence-electron chi connectivity index (χ3n) is 2.86. The number of hydrogen-bond donors (Lipinski definition) is 1. The Morgan fingerprint density at radius 3 is 2.70 bits per heavy atom. The molecule has 1 N–H and O–H groups in total. The summed E-state index contributed by atoms with van der Waals surface area (Å²) in [7, 11) is -3.49. The van der Waals surface area contributed by atoms with Crippen LogP contribution in [0.3, 0.4) is 0 Å². The maximum atomic E-state index is 12.0. The van der Waals surface area contributed by atoms with E-state index in [0.29, 0.717) is 15.0 Å². The molecule has 0 saturated carbocycles. The number of thiophene rings is 1. The van der Waals surface area contributed by atoms with E-state index in [2.05, 4.69) is 16.6 Å². The highest BCUT2D eigenvalue weighted by molar-refractivity contribution is 7.91. The van der Waals surface area contributed by atoms with Crippen molar-refractivity contribution < 1.29 is 13.2 Å². The third-order valence-corrected chi connectivity index (χ3v) is 6.30. The van der Waals surface area contributed by atoms with Crippen LogP contribution in [0.2, 0.25) is 5.02 Å². The zero-order chi connectivity index (χ0) is 16.7. The first-order valence-corrected chi connectivity index (χ1v) is 9.62. The first kappa shape index (κ1) is 17.8. The first-order valence-electron chi connectivity index (χ1n) is 6.94. The summed E-state index contributed by atoms with van der Waals surface area (Å²) in [6, 6.07) is 10.5. The van der Waals surface area contributed by atoms with Gasteiger partial charge in [0.2, 0.25) is 0 Å². The van der Waals surface area contributed by atoms with Gasteiger partial charge in [0.25, 0.3) is 10.0 Å². The lowest BCUT2D eigenvalue weighted by molar-refractivity contribution is 0.370. The van der Waals surface area contributed by atoms with Gasteiger partial charge in [0.1, 0.15) is 16.6 Å². The van der Waals surface area contributed by atoms with E-state index in [4.69, 9.17) is 16.3 Å². The van der Waals surface area contributed by atoms with Crippen molar-refractivity contribution in [2.75, 3.05) is 13.2 Å². The number of ether oxygens (including phenoxy) is 1. The first-order chi connectivity index (χ1) is 11.0. The zero-order valence-corrected chi connectivity index (χ0v) is 14.9. The van der Waals surface area contributed by atoms with Crippen molar-refractivity contribution in [3.63, 3.8) is 0 Å². The molecule has 0 saturated heterocycles. The third kappa shape index (κ3) is 5.26. The van der Waals surface area contributed by atoms with Crippen LogP contribution in [-0.2, 0) is 16.4 Å². The van der Waals surface area contributed by atoms with Gasteiger partial charge >= 0.3 is 0 Å². The molecule has 0 amide bonds. The largest absolute Gasteiger partial charge is 0.479 e. The molecule has 2 rings (SSSR count). The van der Waals surface area contributed by atoms with E-state index < -0.39 is 10.0 Å². The number of halogens is 1. The number of para-hydroxylation sites is 1. The van der Waals surface area contributed by atoms with Crippen LogP contribution in [0.1, 0.15) is 11.8 Å². The lowest BCUT2D eigenvalue weighted by Crippen LogP contribution is -2.23. The molecular formula is C16H16ClNO3S2. The molecule has 0 bridgehead atoms. The molecule has 0 radical (unpaired) electrons. The summed E-state index contributed by atoms with van der Waals surface area (Å²) in [5.41, 5.74) is 0. The van der Waals surface area contributed by atoms with Crippen molar-refractivity contribution >= 4 is 33.0 Å². The predicted octanol–water partition coefficient (Wildman–Crippen LogP) is 3.32. The van der Waals surface area contributed by atoms with Gasteiger partial charge in [-0.15, -0.1) is 11.3 Å². The van der Waals surface area contributed by atoms with Crippen LogP contribution in [-0.4, -0.2) is 21.6 Å². The number of rotatable bonds is 6. The Bertz CT molecular complexity index is 819. The molecule has 0 spiro atoms. The van der Waals surface area contributed by atoms with Gasteiger partial charge in [-0.2, -0.15) is 4.72 Å². The average molecular weight is 370 g/mol. The van der Waals surface area contributed by atoms with Gasteiger partial charge in [-0.25, -0.2) is 8.42 Å². The van der Waals surface area contributed by atoms with Crippen LogP contribution in [0.25, 0.3) is 0 Å². The second-order valence-electron chi connectivity index (χ2n) is 4.47. The minimum absolute atomic E-state index is 0.0353. The van der Waals surface area contributed by atoms with Gasteiger partial charge < -0.3 is 4.74 Å². The fraction of sp³-hybridized carbons (Fsp3) is 0.250. The Morgan fingerprint density at radius 2 is 2.00 bits per heavy atom.